The number of rotatable bonds is 6. The van der Waals surface area contributed by atoms with Gasteiger partial charge in [0, 0.05) is 25.6 Å². The van der Waals surface area contributed by atoms with Gasteiger partial charge < -0.3 is 9.64 Å². The van der Waals surface area contributed by atoms with E-state index in [2.05, 4.69) is 22.5 Å². The molecule has 1 saturated heterocycles. The van der Waals surface area contributed by atoms with Gasteiger partial charge in [0.25, 0.3) is 0 Å². The van der Waals surface area contributed by atoms with E-state index < -0.39 is 0 Å². The van der Waals surface area contributed by atoms with E-state index in [0.717, 1.165) is 50.6 Å². The summed E-state index contributed by atoms with van der Waals surface area (Å²) < 4.78 is 7.57. The Bertz CT molecular complexity index is 585. The number of hydrogen-bond donors (Lipinski definition) is 0. The van der Waals surface area contributed by atoms with Crippen molar-refractivity contribution in [2.24, 2.45) is 11.8 Å². The van der Waals surface area contributed by atoms with Crippen LogP contribution in [0.3, 0.4) is 0 Å². The summed E-state index contributed by atoms with van der Waals surface area (Å²) in [4.78, 5) is 14.5. The Morgan fingerprint density at radius 2 is 2.09 bits per heavy atom. The monoisotopic (exact) mass is 316 g/mol. The Hall–Kier alpha value is -1.69. The highest BCUT2D eigenvalue weighted by molar-refractivity contribution is 5.80. The number of amides is 1. The van der Waals surface area contributed by atoms with E-state index in [0.29, 0.717) is 12.5 Å². The summed E-state index contributed by atoms with van der Waals surface area (Å²) >= 11 is 0. The molecule has 0 bridgehead atoms. The molecule has 1 atom stereocenters. The van der Waals surface area contributed by atoms with Crippen LogP contribution >= 0.6 is 0 Å². The molecular formula is C17H24N4O2. The third-order valence-corrected chi connectivity index (χ3v) is 5.06. The largest absolute Gasteiger partial charge is 0.375 e. The lowest BCUT2D eigenvalue weighted by Crippen LogP contribution is -2.33. The summed E-state index contributed by atoms with van der Waals surface area (Å²) in [5.41, 5.74) is 0.885. The van der Waals surface area contributed by atoms with Crippen molar-refractivity contribution in [2.75, 3.05) is 19.7 Å². The zero-order valence-corrected chi connectivity index (χ0v) is 13.4. The van der Waals surface area contributed by atoms with Gasteiger partial charge in [0.2, 0.25) is 5.91 Å². The second-order valence-electron chi connectivity index (χ2n) is 7.01. The fourth-order valence-corrected chi connectivity index (χ4v) is 3.41. The first-order chi connectivity index (χ1) is 11.3. The summed E-state index contributed by atoms with van der Waals surface area (Å²) in [6.07, 6.45) is 11.5. The predicted octanol–water partition coefficient (Wildman–Crippen LogP) is 1.94. The molecule has 0 N–H and O–H groups in total. The van der Waals surface area contributed by atoms with Crippen LogP contribution in [0.1, 0.15) is 43.8 Å². The molecule has 23 heavy (non-hydrogen) atoms. The van der Waals surface area contributed by atoms with E-state index in [-0.39, 0.29) is 12.0 Å². The standard InChI is InChI=1S/C17H24N4O2/c22-17(14-3-1-2-4-14)20-8-7-16(10-20)21-9-15(18-19-21)12-23-11-13-5-6-13/h1-2,9,13-14,16H,3-8,10-12H2. The molecule has 2 heterocycles. The fourth-order valence-electron chi connectivity index (χ4n) is 3.41. The third kappa shape index (κ3) is 3.47. The normalized spacial score (nSPS) is 24.7. The third-order valence-electron chi connectivity index (χ3n) is 5.06. The Morgan fingerprint density at radius 1 is 1.26 bits per heavy atom. The zero-order chi connectivity index (χ0) is 15.6. The quantitative estimate of drug-likeness (QED) is 0.753. The van der Waals surface area contributed by atoms with Crippen molar-refractivity contribution < 1.29 is 9.53 Å². The SMILES string of the molecule is O=C(C1CC=CC1)N1CCC(n2cc(COCC3CC3)nn2)C1. The highest BCUT2D eigenvalue weighted by atomic mass is 16.5. The molecule has 124 valence electrons. The lowest BCUT2D eigenvalue weighted by molar-refractivity contribution is -0.134. The van der Waals surface area contributed by atoms with Crippen LogP contribution in [0.4, 0.5) is 0 Å². The van der Waals surface area contributed by atoms with E-state index in [4.69, 9.17) is 4.74 Å². The molecule has 3 aliphatic rings. The van der Waals surface area contributed by atoms with Crippen LogP contribution in [-0.2, 0) is 16.1 Å². The summed E-state index contributed by atoms with van der Waals surface area (Å²) in [6, 6.07) is 0.248. The highest BCUT2D eigenvalue weighted by Gasteiger charge is 2.32. The number of carbonyl (C=O) groups is 1. The maximum Gasteiger partial charge on any atom is 0.226 e. The molecule has 2 fully saturated rings. The number of aromatic nitrogens is 3. The summed E-state index contributed by atoms with van der Waals surface area (Å²) in [6.45, 7) is 2.96. The van der Waals surface area contributed by atoms with Crippen molar-refractivity contribution >= 4 is 5.91 Å². The highest BCUT2D eigenvalue weighted by Crippen LogP contribution is 2.29. The minimum Gasteiger partial charge on any atom is -0.375 e. The lowest BCUT2D eigenvalue weighted by atomic mass is 10.1. The molecule has 0 spiro atoms. The lowest BCUT2D eigenvalue weighted by Gasteiger charge is -2.20. The molecule has 1 saturated carbocycles. The van der Waals surface area contributed by atoms with Gasteiger partial charge in [0.1, 0.15) is 5.69 Å². The van der Waals surface area contributed by atoms with Gasteiger partial charge in [-0.05, 0) is 38.0 Å². The van der Waals surface area contributed by atoms with Crippen molar-refractivity contribution in [1.29, 1.82) is 0 Å². The van der Waals surface area contributed by atoms with Crippen LogP contribution in [0.15, 0.2) is 18.3 Å². The number of hydrogen-bond acceptors (Lipinski definition) is 4. The molecule has 6 heteroatoms. The molecule has 1 aromatic rings. The molecule has 1 unspecified atom stereocenters. The van der Waals surface area contributed by atoms with Crippen molar-refractivity contribution in [3.8, 4) is 0 Å². The van der Waals surface area contributed by atoms with Crippen LogP contribution in [0, 0.1) is 11.8 Å². The minimum atomic E-state index is 0.163. The van der Waals surface area contributed by atoms with Gasteiger partial charge in [-0.2, -0.15) is 0 Å². The van der Waals surface area contributed by atoms with E-state index in [1.165, 1.54) is 12.8 Å². The summed E-state index contributed by atoms with van der Waals surface area (Å²) in [7, 11) is 0. The van der Waals surface area contributed by atoms with Crippen molar-refractivity contribution in [2.45, 2.75) is 44.8 Å². The second kappa shape index (κ2) is 6.43. The zero-order valence-electron chi connectivity index (χ0n) is 13.4. The second-order valence-corrected chi connectivity index (χ2v) is 7.01. The summed E-state index contributed by atoms with van der Waals surface area (Å²) in [5, 5.41) is 8.44. The first kappa shape index (κ1) is 14.9. The molecule has 4 rings (SSSR count). The first-order valence-corrected chi connectivity index (χ1v) is 8.72. The Morgan fingerprint density at radius 3 is 2.87 bits per heavy atom. The Balaban J connectivity index is 1.28. The van der Waals surface area contributed by atoms with Gasteiger partial charge in [-0.25, -0.2) is 4.68 Å². The predicted molar refractivity (Wildman–Crippen MR) is 84.5 cm³/mol. The van der Waals surface area contributed by atoms with Gasteiger partial charge in [0.15, 0.2) is 0 Å². The summed E-state index contributed by atoms with van der Waals surface area (Å²) in [5.74, 6) is 1.23. The average Bonchev–Trinajstić information content (AvgIpc) is 3.05. The smallest absolute Gasteiger partial charge is 0.226 e. The Labute approximate surface area is 136 Å². The number of carbonyl (C=O) groups excluding carboxylic acids is 1. The van der Waals surface area contributed by atoms with Crippen LogP contribution < -0.4 is 0 Å². The topological polar surface area (TPSA) is 60.2 Å². The van der Waals surface area contributed by atoms with E-state index in [1.807, 2.05) is 15.8 Å². The number of ether oxygens (including phenoxy) is 1. The molecule has 1 aliphatic heterocycles. The van der Waals surface area contributed by atoms with E-state index in [1.54, 1.807) is 0 Å². The molecule has 0 radical (unpaired) electrons. The van der Waals surface area contributed by atoms with Gasteiger partial charge in [-0.1, -0.05) is 17.4 Å². The molecule has 1 amide bonds. The van der Waals surface area contributed by atoms with Crippen molar-refractivity contribution in [3.63, 3.8) is 0 Å². The van der Waals surface area contributed by atoms with Crippen LogP contribution in [0.5, 0.6) is 0 Å². The number of likely N-dealkylation sites (tertiary alicyclic amines) is 1. The Kier molecular flexibility index (Phi) is 4.16. The minimum absolute atomic E-state index is 0.163. The molecule has 2 aliphatic carbocycles. The van der Waals surface area contributed by atoms with Crippen LogP contribution in [0.2, 0.25) is 0 Å². The maximum atomic E-state index is 12.5. The van der Waals surface area contributed by atoms with Gasteiger partial charge in [-0.3, -0.25) is 4.79 Å². The first-order valence-electron chi connectivity index (χ1n) is 8.72. The van der Waals surface area contributed by atoms with Gasteiger partial charge >= 0.3 is 0 Å². The maximum absolute atomic E-state index is 12.5. The fraction of sp³-hybridized carbons (Fsp3) is 0.706. The van der Waals surface area contributed by atoms with E-state index >= 15 is 0 Å². The average molecular weight is 316 g/mol. The number of nitrogens with zero attached hydrogens (tertiary/aromatic N) is 4. The van der Waals surface area contributed by atoms with Crippen molar-refractivity contribution in [1.82, 2.24) is 19.9 Å². The number of allylic oxidation sites excluding steroid dienone is 2. The van der Waals surface area contributed by atoms with E-state index in [9.17, 15) is 4.79 Å². The molecular weight excluding hydrogens is 292 g/mol. The molecule has 0 aromatic carbocycles. The van der Waals surface area contributed by atoms with Crippen LogP contribution in [0.25, 0.3) is 0 Å². The van der Waals surface area contributed by atoms with Gasteiger partial charge in [-0.15, -0.1) is 5.10 Å². The van der Waals surface area contributed by atoms with Crippen LogP contribution in [-0.4, -0.2) is 45.5 Å². The molecule has 1 aromatic heterocycles. The molecule has 6 nitrogen and oxygen atoms in total. The van der Waals surface area contributed by atoms with Gasteiger partial charge in [0.05, 0.1) is 18.8 Å². The van der Waals surface area contributed by atoms with Crippen molar-refractivity contribution in [3.05, 3.63) is 24.0 Å².